The predicted octanol–water partition coefficient (Wildman–Crippen LogP) is 13.1. The average Bonchev–Trinajstić information content (AvgIpc) is 3.77. The molecule has 10 rings (SSSR count). The summed E-state index contributed by atoms with van der Waals surface area (Å²) >= 11 is 1.86. The monoisotopic (exact) mass is 656 g/mol. The Labute approximate surface area is 292 Å². The van der Waals surface area contributed by atoms with Gasteiger partial charge < -0.3 is 4.42 Å². The van der Waals surface area contributed by atoms with Gasteiger partial charge in [-0.2, -0.15) is 0 Å². The third-order valence-electron chi connectivity index (χ3n) is 9.49. The van der Waals surface area contributed by atoms with E-state index in [1.807, 2.05) is 35.6 Å². The second-order valence-corrected chi connectivity index (χ2v) is 13.6. The molecule has 3 aromatic heterocycles. The van der Waals surface area contributed by atoms with E-state index in [0.717, 1.165) is 55.6 Å². The van der Waals surface area contributed by atoms with Gasteiger partial charge >= 0.3 is 0 Å². The number of hydrogen-bond acceptors (Lipinski definition) is 4. The molecular weight excluding hydrogens is 629 g/mol. The van der Waals surface area contributed by atoms with E-state index >= 15 is 0 Å². The van der Waals surface area contributed by atoms with E-state index in [9.17, 15) is 0 Å². The van der Waals surface area contributed by atoms with Gasteiger partial charge in [-0.3, -0.25) is 0 Å². The van der Waals surface area contributed by atoms with Crippen molar-refractivity contribution < 1.29 is 4.42 Å². The molecule has 3 nitrogen and oxygen atoms in total. The fraction of sp³-hybridized carbons (Fsp3) is 0. The highest BCUT2D eigenvalue weighted by Gasteiger charge is 2.19. The topological polar surface area (TPSA) is 38.9 Å². The molecule has 0 saturated heterocycles. The minimum absolute atomic E-state index is 0.667. The molecule has 0 bridgehead atoms. The summed E-state index contributed by atoms with van der Waals surface area (Å²) < 4.78 is 9.11. The van der Waals surface area contributed by atoms with Gasteiger partial charge in [0.25, 0.3) is 0 Å². The molecule has 4 heteroatoms. The third-order valence-corrected chi connectivity index (χ3v) is 10.7. The smallest absolute Gasteiger partial charge is 0.180 e. The SMILES string of the molecule is c1ccc(-c2cccc(-c3nc(-c4cccc(-c5cccc(-c6cccc7c6sc6ccccc67)c5)c4)c4oc5ccccc5c4n3)c2)cc1. The molecule has 0 N–H and O–H groups in total. The molecule has 10 aromatic rings. The van der Waals surface area contributed by atoms with Gasteiger partial charge in [-0.15, -0.1) is 11.3 Å². The Balaban J connectivity index is 1.11. The van der Waals surface area contributed by atoms with E-state index in [1.54, 1.807) is 0 Å². The first-order valence-corrected chi connectivity index (χ1v) is 17.6. The van der Waals surface area contributed by atoms with Crippen molar-refractivity contribution in [1.29, 1.82) is 0 Å². The number of rotatable bonds is 5. The van der Waals surface area contributed by atoms with E-state index in [2.05, 4.69) is 146 Å². The van der Waals surface area contributed by atoms with Crippen LogP contribution in [-0.2, 0) is 0 Å². The standard InChI is InChI=1S/C46H28N2OS/c1-2-12-29(13-3-1)30-14-10-19-35(28-30)46-47-42(44-43(48-46)39-21-4-6-24-40(39)49-44)34-18-9-16-32(27-34)31-15-8-17-33(26-31)36-22-11-23-38-37-20-5-7-25-41(37)50-45(36)38/h1-28H. The van der Waals surface area contributed by atoms with Crippen LogP contribution in [0, 0.1) is 0 Å². The summed E-state index contributed by atoms with van der Waals surface area (Å²) in [6.45, 7) is 0. The lowest BCUT2D eigenvalue weighted by molar-refractivity contribution is 0.667. The first-order valence-electron chi connectivity index (χ1n) is 16.7. The van der Waals surface area contributed by atoms with Crippen molar-refractivity contribution in [2.75, 3.05) is 0 Å². The number of hydrogen-bond donors (Lipinski definition) is 0. The summed E-state index contributed by atoms with van der Waals surface area (Å²) in [5.74, 6) is 0.667. The second kappa shape index (κ2) is 11.7. The minimum Gasteiger partial charge on any atom is -0.452 e. The van der Waals surface area contributed by atoms with Crippen molar-refractivity contribution in [3.63, 3.8) is 0 Å². The number of aromatic nitrogens is 2. The zero-order valence-corrected chi connectivity index (χ0v) is 27.7. The van der Waals surface area contributed by atoms with E-state index in [4.69, 9.17) is 14.4 Å². The Morgan fingerprint density at radius 2 is 1.00 bits per heavy atom. The number of para-hydroxylation sites is 1. The number of furan rings is 1. The first kappa shape index (κ1) is 28.6. The van der Waals surface area contributed by atoms with Gasteiger partial charge in [-0.1, -0.05) is 133 Å². The lowest BCUT2D eigenvalue weighted by Crippen LogP contribution is -1.94. The zero-order valence-electron chi connectivity index (χ0n) is 26.9. The van der Waals surface area contributed by atoms with Gasteiger partial charge in [-0.05, 0) is 69.8 Å². The molecule has 0 aliphatic rings. The van der Waals surface area contributed by atoms with Crippen molar-refractivity contribution in [2.24, 2.45) is 0 Å². The van der Waals surface area contributed by atoms with Gasteiger partial charge in [0.05, 0.1) is 0 Å². The van der Waals surface area contributed by atoms with Gasteiger partial charge in [0, 0.05) is 36.7 Å². The van der Waals surface area contributed by atoms with Gasteiger partial charge in [-0.25, -0.2) is 9.97 Å². The maximum Gasteiger partial charge on any atom is 0.180 e. The molecule has 0 spiro atoms. The van der Waals surface area contributed by atoms with Crippen LogP contribution in [0.1, 0.15) is 0 Å². The quantitative estimate of drug-likeness (QED) is 0.185. The normalized spacial score (nSPS) is 11.6. The number of thiophene rings is 1. The minimum atomic E-state index is 0.667. The summed E-state index contributed by atoms with van der Waals surface area (Å²) in [7, 11) is 0. The fourth-order valence-electron chi connectivity index (χ4n) is 7.07. The summed E-state index contributed by atoms with van der Waals surface area (Å²) in [6.07, 6.45) is 0. The van der Waals surface area contributed by atoms with Gasteiger partial charge in [0.1, 0.15) is 16.8 Å². The first-order chi connectivity index (χ1) is 24.8. The third kappa shape index (κ3) is 4.80. The Morgan fingerprint density at radius 3 is 1.84 bits per heavy atom. The summed E-state index contributed by atoms with van der Waals surface area (Å²) in [6, 6.07) is 59.7. The van der Waals surface area contributed by atoms with Crippen molar-refractivity contribution in [3.05, 3.63) is 170 Å². The van der Waals surface area contributed by atoms with Crippen LogP contribution in [0.4, 0.5) is 0 Å². The van der Waals surface area contributed by atoms with Crippen LogP contribution in [0.15, 0.2) is 174 Å². The second-order valence-electron chi connectivity index (χ2n) is 12.6. The lowest BCUT2D eigenvalue weighted by atomic mass is 9.96. The van der Waals surface area contributed by atoms with E-state index < -0.39 is 0 Å². The number of benzene rings is 7. The van der Waals surface area contributed by atoms with E-state index in [0.29, 0.717) is 11.4 Å². The van der Waals surface area contributed by atoms with Crippen molar-refractivity contribution in [3.8, 4) is 56.0 Å². The predicted molar refractivity (Wildman–Crippen MR) is 209 cm³/mol. The van der Waals surface area contributed by atoms with E-state index in [-0.39, 0.29) is 0 Å². The molecule has 50 heavy (non-hydrogen) atoms. The molecule has 0 saturated carbocycles. The van der Waals surface area contributed by atoms with Crippen LogP contribution in [0.2, 0.25) is 0 Å². The van der Waals surface area contributed by atoms with E-state index in [1.165, 1.54) is 31.3 Å². The van der Waals surface area contributed by atoms with Crippen molar-refractivity contribution in [1.82, 2.24) is 9.97 Å². The highest BCUT2D eigenvalue weighted by Crippen LogP contribution is 2.41. The maximum absolute atomic E-state index is 6.49. The lowest BCUT2D eigenvalue weighted by Gasteiger charge is -2.10. The molecular formula is C46H28N2OS. The van der Waals surface area contributed by atoms with Gasteiger partial charge in [0.2, 0.25) is 0 Å². The molecule has 234 valence electrons. The van der Waals surface area contributed by atoms with Crippen LogP contribution in [0.3, 0.4) is 0 Å². The Morgan fingerprint density at radius 1 is 0.420 bits per heavy atom. The number of nitrogens with zero attached hydrogens (tertiary/aromatic N) is 2. The molecule has 0 unspecified atom stereocenters. The molecule has 0 radical (unpaired) electrons. The highest BCUT2D eigenvalue weighted by molar-refractivity contribution is 7.26. The summed E-state index contributed by atoms with van der Waals surface area (Å²) in [4.78, 5) is 10.3. The van der Waals surface area contributed by atoms with Gasteiger partial charge in [0.15, 0.2) is 11.4 Å². The average molecular weight is 657 g/mol. The Hall–Kier alpha value is -6.36. The molecule has 7 aromatic carbocycles. The van der Waals surface area contributed by atoms with Crippen LogP contribution in [0.5, 0.6) is 0 Å². The Kier molecular flexibility index (Phi) is 6.68. The molecule has 0 fully saturated rings. The maximum atomic E-state index is 6.49. The van der Waals surface area contributed by atoms with Crippen molar-refractivity contribution in [2.45, 2.75) is 0 Å². The van der Waals surface area contributed by atoms with Crippen LogP contribution in [-0.4, -0.2) is 9.97 Å². The molecule has 3 heterocycles. The Bertz CT molecular complexity index is 2880. The largest absolute Gasteiger partial charge is 0.452 e. The van der Waals surface area contributed by atoms with Crippen LogP contribution in [0.25, 0.3) is 98.3 Å². The zero-order chi connectivity index (χ0) is 33.0. The summed E-state index contributed by atoms with van der Waals surface area (Å²) in [5, 5.41) is 3.59. The van der Waals surface area contributed by atoms with Crippen LogP contribution >= 0.6 is 11.3 Å². The van der Waals surface area contributed by atoms with Crippen molar-refractivity contribution >= 4 is 53.6 Å². The summed E-state index contributed by atoms with van der Waals surface area (Å²) in [5.41, 5.74) is 12.0. The highest BCUT2D eigenvalue weighted by atomic mass is 32.1. The molecule has 0 atom stereocenters. The van der Waals surface area contributed by atoms with Crippen LogP contribution < -0.4 is 0 Å². The molecule has 0 amide bonds. The molecule has 0 aliphatic carbocycles. The molecule has 0 aliphatic heterocycles. The fourth-order valence-corrected chi connectivity index (χ4v) is 8.31. The number of fused-ring (bicyclic) bond motifs is 6.